The van der Waals surface area contributed by atoms with Crippen LogP contribution in [0, 0.1) is 0 Å². The summed E-state index contributed by atoms with van der Waals surface area (Å²) in [5.74, 6) is 0.279. The molecule has 2 amide bonds. The molecule has 24 heavy (non-hydrogen) atoms. The van der Waals surface area contributed by atoms with Crippen molar-refractivity contribution < 1.29 is 14.3 Å². The molecule has 0 spiro atoms. The zero-order chi connectivity index (χ0) is 16.9. The van der Waals surface area contributed by atoms with Crippen LogP contribution in [0.15, 0.2) is 59.1 Å². The number of nitrogens with one attached hydrogen (secondary N) is 1. The lowest BCUT2D eigenvalue weighted by molar-refractivity contribution is -0.119. The first-order valence-corrected chi connectivity index (χ1v) is 8.53. The fourth-order valence-electron chi connectivity index (χ4n) is 2.66. The Labute approximate surface area is 148 Å². The maximum atomic E-state index is 12.5. The molecule has 0 bridgehead atoms. The van der Waals surface area contributed by atoms with E-state index in [9.17, 15) is 9.59 Å². The number of carbonyl (C=O) groups is 2. The van der Waals surface area contributed by atoms with Gasteiger partial charge in [-0.1, -0.05) is 34.1 Å². The van der Waals surface area contributed by atoms with Gasteiger partial charge >= 0.3 is 6.09 Å². The lowest BCUT2D eigenvalue weighted by atomic mass is 10.2. The van der Waals surface area contributed by atoms with E-state index in [0.717, 1.165) is 10.9 Å². The number of para-hydroxylation sites is 1. The van der Waals surface area contributed by atoms with Gasteiger partial charge in [0.1, 0.15) is 11.8 Å². The highest BCUT2D eigenvalue weighted by Gasteiger charge is 2.35. The molecule has 3 rings (SSSR count). The molecule has 0 aromatic heterocycles. The number of likely N-dealkylation sites (tertiary alicyclic amines) is 1. The van der Waals surface area contributed by atoms with E-state index in [1.807, 2.05) is 30.3 Å². The summed E-state index contributed by atoms with van der Waals surface area (Å²) in [6, 6.07) is 15.7. The number of hydrogen-bond acceptors (Lipinski definition) is 3. The molecule has 2 aromatic carbocycles. The van der Waals surface area contributed by atoms with Crippen LogP contribution in [0.3, 0.4) is 0 Å². The first-order chi connectivity index (χ1) is 11.6. The second-order valence-electron chi connectivity index (χ2n) is 5.53. The zero-order valence-corrected chi connectivity index (χ0v) is 14.5. The van der Waals surface area contributed by atoms with Gasteiger partial charge in [-0.05, 0) is 49.2 Å². The van der Waals surface area contributed by atoms with Crippen molar-refractivity contribution in [3.05, 3.63) is 59.1 Å². The number of hydrogen-bond donors (Lipinski definition) is 1. The minimum absolute atomic E-state index is 0.195. The van der Waals surface area contributed by atoms with Gasteiger partial charge in [0.25, 0.3) is 0 Å². The standard InChI is InChI=1S/C18H17BrN2O3/c19-13-8-10-14(11-9-13)20-17(22)16-7-4-12-21(16)18(23)24-15-5-2-1-3-6-15/h1-3,5-6,8-11,16H,4,7,12H2,(H,20,22)/t16-/m1/s1. The molecular formula is C18H17BrN2O3. The highest BCUT2D eigenvalue weighted by Crippen LogP contribution is 2.22. The van der Waals surface area contributed by atoms with Gasteiger partial charge in [-0.3, -0.25) is 9.69 Å². The molecule has 0 unspecified atom stereocenters. The molecule has 0 saturated carbocycles. The van der Waals surface area contributed by atoms with E-state index in [1.165, 1.54) is 4.90 Å². The monoisotopic (exact) mass is 388 g/mol. The largest absolute Gasteiger partial charge is 0.415 e. The minimum Gasteiger partial charge on any atom is -0.410 e. The molecule has 0 radical (unpaired) electrons. The van der Waals surface area contributed by atoms with Gasteiger partial charge in [-0.2, -0.15) is 0 Å². The Morgan fingerprint density at radius 3 is 2.50 bits per heavy atom. The van der Waals surface area contributed by atoms with Crippen LogP contribution in [0.5, 0.6) is 5.75 Å². The molecule has 1 atom stereocenters. The number of anilines is 1. The summed E-state index contributed by atoms with van der Waals surface area (Å²) in [6.07, 6.45) is 0.920. The van der Waals surface area contributed by atoms with Crippen molar-refractivity contribution in [2.24, 2.45) is 0 Å². The van der Waals surface area contributed by atoms with E-state index in [2.05, 4.69) is 21.2 Å². The summed E-state index contributed by atoms with van der Waals surface area (Å²) in [5.41, 5.74) is 0.700. The third-order valence-electron chi connectivity index (χ3n) is 3.85. The first kappa shape index (κ1) is 16.5. The summed E-state index contributed by atoms with van der Waals surface area (Å²) >= 11 is 3.36. The van der Waals surface area contributed by atoms with E-state index in [1.54, 1.807) is 24.3 Å². The smallest absolute Gasteiger partial charge is 0.410 e. The van der Waals surface area contributed by atoms with E-state index in [4.69, 9.17) is 4.74 Å². The maximum absolute atomic E-state index is 12.5. The topological polar surface area (TPSA) is 58.6 Å². The predicted molar refractivity (Wildman–Crippen MR) is 95.0 cm³/mol. The summed E-state index contributed by atoms with van der Waals surface area (Å²) in [6.45, 7) is 0.518. The fourth-order valence-corrected chi connectivity index (χ4v) is 2.93. The summed E-state index contributed by atoms with van der Waals surface area (Å²) < 4.78 is 6.28. The number of amides is 2. The van der Waals surface area contributed by atoms with Gasteiger partial charge in [0.15, 0.2) is 0 Å². The lowest BCUT2D eigenvalue weighted by Gasteiger charge is -2.23. The zero-order valence-electron chi connectivity index (χ0n) is 12.9. The van der Waals surface area contributed by atoms with E-state index < -0.39 is 12.1 Å². The fraction of sp³-hybridized carbons (Fsp3) is 0.222. The van der Waals surface area contributed by atoms with Crippen LogP contribution in [0.2, 0.25) is 0 Å². The first-order valence-electron chi connectivity index (χ1n) is 7.73. The van der Waals surface area contributed by atoms with Gasteiger partial charge in [-0.25, -0.2) is 4.79 Å². The van der Waals surface area contributed by atoms with E-state index >= 15 is 0 Å². The van der Waals surface area contributed by atoms with Gasteiger partial charge in [0.2, 0.25) is 5.91 Å². The highest BCUT2D eigenvalue weighted by molar-refractivity contribution is 9.10. The summed E-state index contributed by atoms with van der Waals surface area (Å²) in [4.78, 5) is 26.3. The molecule has 2 aromatic rings. The van der Waals surface area contributed by atoms with Gasteiger partial charge in [0, 0.05) is 16.7 Å². The van der Waals surface area contributed by atoms with Gasteiger partial charge < -0.3 is 10.1 Å². The molecule has 1 aliphatic rings. The lowest BCUT2D eigenvalue weighted by Crippen LogP contribution is -2.44. The Morgan fingerprint density at radius 1 is 1.08 bits per heavy atom. The Morgan fingerprint density at radius 2 is 1.79 bits per heavy atom. The average Bonchev–Trinajstić information content (AvgIpc) is 3.08. The van der Waals surface area contributed by atoms with Crippen molar-refractivity contribution in [1.82, 2.24) is 4.90 Å². The van der Waals surface area contributed by atoms with Crippen molar-refractivity contribution in [2.45, 2.75) is 18.9 Å². The van der Waals surface area contributed by atoms with Crippen LogP contribution in [-0.2, 0) is 4.79 Å². The summed E-state index contributed by atoms with van der Waals surface area (Å²) in [5, 5.41) is 2.85. The Bertz CT molecular complexity index is 719. The van der Waals surface area contributed by atoms with Crippen molar-refractivity contribution in [2.75, 3.05) is 11.9 Å². The van der Waals surface area contributed by atoms with Gasteiger partial charge in [0.05, 0.1) is 0 Å². The van der Waals surface area contributed by atoms with Crippen molar-refractivity contribution in [1.29, 1.82) is 0 Å². The minimum atomic E-state index is -0.509. The quantitative estimate of drug-likeness (QED) is 0.862. The van der Waals surface area contributed by atoms with Crippen molar-refractivity contribution >= 4 is 33.6 Å². The SMILES string of the molecule is O=C(Nc1ccc(Br)cc1)[C@H]1CCCN1C(=O)Oc1ccccc1. The molecular weight excluding hydrogens is 372 g/mol. The normalized spacial score (nSPS) is 16.7. The number of benzene rings is 2. The predicted octanol–water partition coefficient (Wildman–Crippen LogP) is 4.05. The van der Waals surface area contributed by atoms with Crippen LogP contribution in [0.4, 0.5) is 10.5 Å². The second-order valence-corrected chi connectivity index (χ2v) is 6.44. The van der Waals surface area contributed by atoms with Crippen molar-refractivity contribution in [3.8, 4) is 5.75 Å². The number of carbonyl (C=O) groups excluding carboxylic acids is 2. The molecule has 1 aliphatic heterocycles. The maximum Gasteiger partial charge on any atom is 0.415 e. The molecule has 6 heteroatoms. The summed E-state index contributed by atoms with van der Waals surface area (Å²) in [7, 11) is 0. The van der Waals surface area contributed by atoms with Crippen LogP contribution >= 0.6 is 15.9 Å². The van der Waals surface area contributed by atoms with E-state index in [-0.39, 0.29) is 5.91 Å². The Hall–Kier alpha value is -2.34. The van der Waals surface area contributed by atoms with Crippen molar-refractivity contribution in [3.63, 3.8) is 0 Å². The van der Waals surface area contributed by atoms with Crippen LogP contribution in [-0.4, -0.2) is 29.5 Å². The third-order valence-corrected chi connectivity index (χ3v) is 4.38. The van der Waals surface area contributed by atoms with Crippen LogP contribution < -0.4 is 10.1 Å². The molecule has 5 nitrogen and oxygen atoms in total. The third kappa shape index (κ3) is 3.94. The Kier molecular flexibility index (Phi) is 5.15. The number of halogens is 1. The average molecular weight is 389 g/mol. The molecule has 0 aliphatic carbocycles. The number of rotatable bonds is 3. The van der Waals surface area contributed by atoms with Crippen LogP contribution in [0.1, 0.15) is 12.8 Å². The molecule has 1 N–H and O–H groups in total. The van der Waals surface area contributed by atoms with Crippen LogP contribution in [0.25, 0.3) is 0 Å². The highest BCUT2D eigenvalue weighted by atomic mass is 79.9. The second kappa shape index (κ2) is 7.49. The molecule has 1 heterocycles. The number of ether oxygens (including phenoxy) is 1. The van der Waals surface area contributed by atoms with Gasteiger partial charge in [-0.15, -0.1) is 0 Å². The number of nitrogens with zero attached hydrogens (tertiary/aromatic N) is 1. The molecule has 124 valence electrons. The molecule has 1 fully saturated rings. The molecule has 1 saturated heterocycles. The van der Waals surface area contributed by atoms with E-state index in [0.29, 0.717) is 24.4 Å². The Balaban J connectivity index is 1.65.